The summed E-state index contributed by atoms with van der Waals surface area (Å²) in [5.74, 6) is 0.773. The molecule has 0 aliphatic carbocycles. The predicted molar refractivity (Wildman–Crippen MR) is 68.1 cm³/mol. The molecule has 1 aliphatic rings. The summed E-state index contributed by atoms with van der Waals surface area (Å²) >= 11 is 0. The Balaban J connectivity index is 2.13. The average molecular weight is 271 g/mol. The number of sulfonamides is 1. The van der Waals surface area contributed by atoms with E-state index in [1.165, 1.54) is 10.6 Å². The van der Waals surface area contributed by atoms with Gasteiger partial charge in [0.25, 0.3) is 0 Å². The van der Waals surface area contributed by atoms with Crippen molar-refractivity contribution < 1.29 is 17.9 Å². The van der Waals surface area contributed by atoms with Gasteiger partial charge in [-0.3, -0.25) is 0 Å². The Bertz CT molecular complexity index is 497. The molecule has 1 saturated heterocycles. The van der Waals surface area contributed by atoms with Crippen LogP contribution in [0.1, 0.15) is 11.7 Å². The second kappa shape index (κ2) is 5.26. The van der Waals surface area contributed by atoms with Gasteiger partial charge in [0.15, 0.2) is 0 Å². The van der Waals surface area contributed by atoms with Crippen LogP contribution in [0, 0.1) is 0 Å². The molecule has 5 nitrogen and oxygen atoms in total. The van der Waals surface area contributed by atoms with Gasteiger partial charge < -0.3 is 9.47 Å². The summed E-state index contributed by atoms with van der Waals surface area (Å²) in [6.07, 6.45) is 1.02. The smallest absolute Gasteiger partial charge is 0.211 e. The monoisotopic (exact) mass is 271 g/mol. The Labute approximate surface area is 107 Å². The zero-order chi connectivity index (χ0) is 13.2. The van der Waals surface area contributed by atoms with Gasteiger partial charge in [-0.15, -0.1) is 0 Å². The van der Waals surface area contributed by atoms with Crippen LogP contribution in [0.3, 0.4) is 0 Å². The number of ether oxygens (including phenoxy) is 2. The number of methoxy groups -OCH3 is 1. The van der Waals surface area contributed by atoms with Crippen molar-refractivity contribution >= 4 is 10.0 Å². The molecular weight excluding hydrogens is 254 g/mol. The highest BCUT2D eigenvalue weighted by atomic mass is 32.2. The lowest BCUT2D eigenvalue weighted by Gasteiger charge is -2.31. The third kappa shape index (κ3) is 3.01. The molecule has 6 heteroatoms. The Hall–Kier alpha value is -1.11. The minimum absolute atomic E-state index is 0.209. The van der Waals surface area contributed by atoms with Crippen LogP contribution in [0.2, 0.25) is 0 Å². The maximum atomic E-state index is 11.5. The van der Waals surface area contributed by atoms with Crippen molar-refractivity contribution in [3.63, 3.8) is 0 Å². The van der Waals surface area contributed by atoms with Crippen LogP contribution in [0.15, 0.2) is 24.3 Å². The van der Waals surface area contributed by atoms with Crippen molar-refractivity contribution in [2.75, 3.05) is 33.1 Å². The molecule has 1 heterocycles. The van der Waals surface area contributed by atoms with E-state index >= 15 is 0 Å². The third-order valence-electron chi connectivity index (χ3n) is 2.99. The van der Waals surface area contributed by atoms with E-state index in [0.29, 0.717) is 19.7 Å². The summed E-state index contributed by atoms with van der Waals surface area (Å²) in [6.45, 7) is 1.21. The first-order valence-electron chi connectivity index (χ1n) is 5.71. The highest BCUT2D eigenvalue weighted by Crippen LogP contribution is 2.25. The molecule has 2 rings (SSSR count). The molecule has 0 saturated carbocycles. The van der Waals surface area contributed by atoms with Gasteiger partial charge in [0.2, 0.25) is 10.0 Å². The lowest BCUT2D eigenvalue weighted by atomic mass is 10.1. The lowest BCUT2D eigenvalue weighted by molar-refractivity contribution is -0.00236. The fourth-order valence-corrected chi connectivity index (χ4v) is 2.76. The minimum Gasteiger partial charge on any atom is -0.497 e. The zero-order valence-corrected chi connectivity index (χ0v) is 11.3. The highest BCUT2D eigenvalue weighted by Gasteiger charge is 2.27. The van der Waals surface area contributed by atoms with Crippen LogP contribution in [0.4, 0.5) is 0 Å². The predicted octanol–water partition coefficient (Wildman–Crippen LogP) is 1.03. The number of morpholine rings is 1. The van der Waals surface area contributed by atoms with E-state index in [1.54, 1.807) is 7.11 Å². The SMILES string of the molecule is COc1ccc(C2CN(S(C)(=O)=O)CCO2)cc1. The first-order chi connectivity index (χ1) is 8.50. The fourth-order valence-electron chi connectivity index (χ4n) is 1.95. The van der Waals surface area contributed by atoms with Crippen molar-refractivity contribution in [1.82, 2.24) is 4.31 Å². The first-order valence-corrected chi connectivity index (χ1v) is 7.56. The molecule has 100 valence electrons. The molecule has 0 spiro atoms. The quantitative estimate of drug-likeness (QED) is 0.824. The Morgan fingerprint density at radius 2 is 2.00 bits per heavy atom. The number of nitrogens with zero attached hydrogens (tertiary/aromatic N) is 1. The lowest BCUT2D eigenvalue weighted by Crippen LogP contribution is -2.41. The van der Waals surface area contributed by atoms with Gasteiger partial charge in [0, 0.05) is 13.1 Å². The summed E-state index contributed by atoms with van der Waals surface area (Å²) in [7, 11) is -1.54. The van der Waals surface area contributed by atoms with Crippen LogP contribution in [-0.2, 0) is 14.8 Å². The molecule has 1 aromatic rings. The molecule has 0 N–H and O–H groups in total. The second-order valence-corrected chi connectivity index (χ2v) is 6.24. The van der Waals surface area contributed by atoms with Crippen LogP contribution in [0.25, 0.3) is 0 Å². The molecule has 1 unspecified atom stereocenters. The zero-order valence-electron chi connectivity index (χ0n) is 10.5. The summed E-state index contributed by atoms with van der Waals surface area (Å²) in [5, 5.41) is 0. The summed E-state index contributed by atoms with van der Waals surface area (Å²) in [4.78, 5) is 0. The number of rotatable bonds is 3. The fraction of sp³-hybridized carbons (Fsp3) is 0.500. The van der Waals surface area contributed by atoms with E-state index in [1.807, 2.05) is 24.3 Å². The van der Waals surface area contributed by atoms with Gasteiger partial charge >= 0.3 is 0 Å². The van der Waals surface area contributed by atoms with Gasteiger partial charge in [0.05, 0.1) is 26.1 Å². The molecule has 0 amide bonds. The van der Waals surface area contributed by atoms with Crippen LogP contribution in [0.5, 0.6) is 5.75 Å². The standard InChI is InChI=1S/C12H17NO4S/c1-16-11-5-3-10(4-6-11)12-9-13(7-8-17-12)18(2,14)15/h3-6,12H,7-9H2,1-2H3. The Kier molecular flexibility index (Phi) is 3.89. The van der Waals surface area contributed by atoms with E-state index in [4.69, 9.17) is 9.47 Å². The highest BCUT2D eigenvalue weighted by molar-refractivity contribution is 7.88. The van der Waals surface area contributed by atoms with E-state index in [9.17, 15) is 8.42 Å². The Morgan fingerprint density at radius 3 is 2.56 bits per heavy atom. The number of hydrogen-bond donors (Lipinski definition) is 0. The summed E-state index contributed by atoms with van der Waals surface area (Å²) in [6, 6.07) is 7.49. The second-order valence-electron chi connectivity index (χ2n) is 4.25. The molecular formula is C12H17NO4S. The van der Waals surface area contributed by atoms with E-state index in [-0.39, 0.29) is 6.10 Å². The van der Waals surface area contributed by atoms with Crippen molar-refractivity contribution in [2.24, 2.45) is 0 Å². The van der Waals surface area contributed by atoms with Crippen LogP contribution in [-0.4, -0.2) is 45.8 Å². The van der Waals surface area contributed by atoms with Gasteiger partial charge in [0.1, 0.15) is 5.75 Å². The van der Waals surface area contributed by atoms with E-state index in [0.717, 1.165) is 11.3 Å². The number of hydrogen-bond acceptors (Lipinski definition) is 4. The molecule has 1 atom stereocenters. The van der Waals surface area contributed by atoms with Gasteiger partial charge in [-0.1, -0.05) is 12.1 Å². The molecule has 0 aromatic heterocycles. The molecule has 1 fully saturated rings. The average Bonchev–Trinajstić information content (AvgIpc) is 2.38. The van der Waals surface area contributed by atoms with Crippen LogP contribution < -0.4 is 4.74 Å². The van der Waals surface area contributed by atoms with Gasteiger partial charge in [-0.05, 0) is 17.7 Å². The molecule has 0 radical (unpaired) electrons. The minimum atomic E-state index is -3.15. The Morgan fingerprint density at radius 1 is 1.33 bits per heavy atom. The van der Waals surface area contributed by atoms with Gasteiger partial charge in [-0.2, -0.15) is 4.31 Å². The largest absolute Gasteiger partial charge is 0.497 e. The number of benzene rings is 1. The first kappa shape index (κ1) is 13.3. The van der Waals surface area contributed by atoms with Crippen molar-refractivity contribution in [3.05, 3.63) is 29.8 Å². The topological polar surface area (TPSA) is 55.8 Å². The molecule has 0 bridgehead atoms. The molecule has 18 heavy (non-hydrogen) atoms. The normalized spacial score (nSPS) is 21.8. The molecule has 1 aromatic carbocycles. The van der Waals surface area contributed by atoms with Gasteiger partial charge in [-0.25, -0.2) is 8.42 Å². The van der Waals surface area contributed by atoms with Crippen molar-refractivity contribution in [1.29, 1.82) is 0 Å². The van der Waals surface area contributed by atoms with E-state index in [2.05, 4.69) is 0 Å². The van der Waals surface area contributed by atoms with Crippen molar-refractivity contribution in [3.8, 4) is 5.75 Å². The maximum absolute atomic E-state index is 11.5. The summed E-state index contributed by atoms with van der Waals surface area (Å²) in [5.41, 5.74) is 0.962. The van der Waals surface area contributed by atoms with Crippen molar-refractivity contribution in [2.45, 2.75) is 6.10 Å². The third-order valence-corrected chi connectivity index (χ3v) is 4.26. The van der Waals surface area contributed by atoms with E-state index < -0.39 is 10.0 Å². The molecule has 1 aliphatic heterocycles. The maximum Gasteiger partial charge on any atom is 0.211 e. The summed E-state index contributed by atoms with van der Waals surface area (Å²) < 4.78 is 35.2. The van der Waals surface area contributed by atoms with Crippen LogP contribution >= 0.6 is 0 Å².